The van der Waals surface area contributed by atoms with E-state index in [4.69, 9.17) is 22.7 Å². The Labute approximate surface area is 131 Å². The lowest BCUT2D eigenvalue weighted by molar-refractivity contribution is -0.141. The van der Waals surface area contributed by atoms with Crippen LogP contribution in [0.3, 0.4) is 0 Å². The number of benzene rings is 1. The Morgan fingerprint density at radius 3 is 2.43 bits per heavy atom. The van der Waals surface area contributed by atoms with Crippen LogP contribution >= 0.6 is 12.2 Å². The van der Waals surface area contributed by atoms with Crippen LogP contribution < -0.4 is 5.73 Å². The summed E-state index contributed by atoms with van der Waals surface area (Å²) in [6.45, 7) is 3.66. The highest BCUT2D eigenvalue weighted by molar-refractivity contribution is 7.80. The second kappa shape index (κ2) is 6.54. The molecule has 0 unspecified atom stereocenters. The number of thiocarbonyl (C=S) groups is 1. The van der Waals surface area contributed by atoms with Crippen molar-refractivity contribution in [2.75, 3.05) is 20.3 Å². The van der Waals surface area contributed by atoms with E-state index in [2.05, 4.69) is 0 Å². The first-order chi connectivity index (χ1) is 9.95. The molecule has 1 aromatic rings. The summed E-state index contributed by atoms with van der Waals surface area (Å²) in [6, 6.07) is 8.17. The number of nitrogens with zero attached hydrogens (tertiary/aromatic N) is 1. The number of nitrogens with two attached hydrogens (primary N) is 1. The number of amides is 1. The molecule has 1 aromatic carbocycles. The van der Waals surface area contributed by atoms with Crippen molar-refractivity contribution in [2.24, 2.45) is 11.1 Å². The lowest BCUT2D eigenvalue weighted by Gasteiger charge is -2.37. The predicted molar refractivity (Wildman–Crippen MR) is 86.9 cm³/mol. The van der Waals surface area contributed by atoms with E-state index in [0.29, 0.717) is 32.6 Å². The van der Waals surface area contributed by atoms with E-state index < -0.39 is 5.41 Å². The molecule has 1 fully saturated rings. The van der Waals surface area contributed by atoms with Crippen molar-refractivity contribution in [3.63, 3.8) is 0 Å². The quantitative estimate of drug-likeness (QED) is 0.865. The Morgan fingerprint density at radius 2 is 1.90 bits per heavy atom. The lowest BCUT2D eigenvalue weighted by atomic mass is 9.78. The van der Waals surface area contributed by atoms with Crippen molar-refractivity contribution < 1.29 is 9.53 Å². The second-order valence-electron chi connectivity index (χ2n) is 5.71. The van der Waals surface area contributed by atoms with E-state index in [-0.39, 0.29) is 10.9 Å². The Hall–Kier alpha value is -1.46. The maximum Gasteiger partial charge on any atom is 0.235 e. The maximum absolute atomic E-state index is 12.8. The summed E-state index contributed by atoms with van der Waals surface area (Å²) >= 11 is 5.18. The topological polar surface area (TPSA) is 55.6 Å². The third-order valence-electron chi connectivity index (χ3n) is 4.11. The molecule has 1 saturated heterocycles. The summed E-state index contributed by atoms with van der Waals surface area (Å²) in [5.41, 5.74) is 7.44. The van der Waals surface area contributed by atoms with Crippen LogP contribution in [0.2, 0.25) is 0 Å². The van der Waals surface area contributed by atoms with Crippen LogP contribution in [0.5, 0.6) is 0 Å². The molecule has 4 nitrogen and oxygen atoms in total. The van der Waals surface area contributed by atoms with Crippen LogP contribution in [-0.4, -0.2) is 36.1 Å². The summed E-state index contributed by atoms with van der Waals surface area (Å²) in [5, 5.41) is 0. The number of hydrogen-bond donors (Lipinski definition) is 1. The van der Waals surface area contributed by atoms with E-state index in [9.17, 15) is 4.79 Å². The molecule has 2 rings (SSSR count). The van der Waals surface area contributed by atoms with E-state index in [0.717, 1.165) is 5.56 Å². The van der Waals surface area contributed by atoms with Gasteiger partial charge in [-0.05, 0) is 25.3 Å². The monoisotopic (exact) mass is 306 g/mol. The molecule has 0 aliphatic carbocycles. The van der Waals surface area contributed by atoms with Gasteiger partial charge >= 0.3 is 0 Å². The van der Waals surface area contributed by atoms with E-state index in [1.807, 2.05) is 31.2 Å². The fraction of sp³-hybridized carbons (Fsp3) is 0.500. The highest BCUT2D eigenvalue weighted by Gasteiger charge is 2.44. The minimum absolute atomic E-state index is 0.00104. The summed E-state index contributed by atoms with van der Waals surface area (Å²) < 4.78 is 5.35. The first-order valence-electron chi connectivity index (χ1n) is 7.14. The van der Waals surface area contributed by atoms with Gasteiger partial charge in [0.1, 0.15) is 5.41 Å². The van der Waals surface area contributed by atoms with Gasteiger partial charge in [0.2, 0.25) is 5.91 Å². The first-order valence-corrected chi connectivity index (χ1v) is 7.55. The van der Waals surface area contributed by atoms with Crippen LogP contribution in [0.1, 0.15) is 24.0 Å². The molecule has 1 aliphatic rings. The fourth-order valence-corrected chi connectivity index (χ4v) is 2.98. The Kier molecular flexibility index (Phi) is 4.96. The number of aryl methyl sites for hydroxylation is 1. The zero-order chi connectivity index (χ0) is 15.5. The maximum atomic E-state index is 12.8. The van der Waals surface area contributed by atoms with Crippen LogP contribution in [0.4, 0.5) is 0 Å². The average Bonchev–Trinajstić information content (AvgIpc) is 2.49. The predicted octanol–water partition coefficient (Wildman–Crippen LogP) is 2.04. The Bertz CT molecular complexity index is 522. The second-order valence-corrected chi connectivity index (χ2v) is 6.15. The molecule has 0 atom stereocenters. The van der Waals surface area contributed by atoms with Crippen LogP contribution in [0.15, 0.2) is 24.3 Å². The fourth-order valence-electron chi connectivity index (χ4n) is 2.69. The zero-order valence-electron chi connectivity index (χ0n) is 12.6. The van der Waals surface area contributed by atoms with Crippen molar-refractivity contribution in [3.8, 4) is 0 Å². The molecule has 114 valence electrons. The lowest BCUT2D eigenvalue weighted by Crippen LogP contribution is -2.52. The summed E-state index contributed by atoms with van der Waals surface area (Å²) in [4.78, 5) is 14.8. The molecule has 21 heavy (non-hydrogen) atoms. The van der Waals surface area contributed by atoms with Crippen molar-refractivity contribution in [2.45, 2.75) is 26.3 Å². The minimum Gasteiger partial charge on any atom is -0.392 e. The molecular formula is C16H22N2O2S. The number of carbonyl (C=O) groups is 1. The molecule has 1 aliphatic heterocycles. The minimum atomic E-state index is -0.743. The summed E-state index contributed by atoms with van der Waals surface area (Å²) in [6.07, 6.45) is 1.14. The van der Waals surface area contributed by atoms with Gasteiger partial charge in [-0.15, -0.1) is 0 Å². The first kappa shape index (κ1) is 15.9. The normalized spacial score (nSPS) is 17.2. The molecule has 5 heteroatoms. The number of rotatable bonds is 4. The van der Waals surface area contributed by atoms with Gasteiger partial charge in [0, 0.05) is 26.8 Å². The van der Waals surface area contributed by atoms with Gasteiger partial charge in [-0.25, -0.2) is 0 Å². The van der Waals surface area contributed by atoms with Crippen LogP contribution in [-0.2, 0) is 16.1 Å². The molecule has 2 N–H and O–H groups in total. The molecular weight excluding hydrogens is 284 g/mol. The van der Waals surface area contributed by atoms with Gasteiger partial charge in [-0.3, -0.25) is 4.79 Å². The highest BCUT2D eigenvalue weighted by atomic mass is 32.1. The standard InChI is InChI=1S/C16H22N2O2S/c1-12-3-5-13(6-4-12)11-18(2)15(19)16(14(17)21)7-9-20-10-8-16/h3-6H,7-11H2,1-2H3,(H2,17,21). The molecule has 0 saturated carbocycles. The number of ether oxygens (including phenoxy) is 1. The number of carbonyl (C=O) groups excluding carboxylic acids is 1. The Morgan fingerprint density at radius 1 is 1.33 bits per heavy atom. The summed E-state index contributed by atoms with van der Waals surface area (Å²) in [7, 11) is 1.80. The number of hydrogen-bond acceptors (Lipinski definition) is 3. The van der Waals surface area contributed by atoms with Crippen LogP contribution in [0, 0.1) is 12.3 Å². The third kappa shape index (κ3) is 3.41. The van der Waals surface area contributed by atoms with Gasteiger partial charge < -0.3 is 15.4 Å². The van der Waals surface area contributed by atoms with E-state index >= 15 is 0 Å². The van der Waals surface area contributed by atoms with Crippen molar-refractivity contribution in [1.29, 1.82) is 0 Å². The highest BCUT2D eigenvalue weighted by Crippen LogP contribution is 2.33. The van der Waals surface area contributed by atoms with Crippen LogP contribution in [0.25, 0.3) is 0 Å². The van der Waals surface area contributed by atoms with Gasteiger partial charge in [-0.2, -0.15) is 0 Å². The van der Waals surface area contributed by atoms with Gasteiger partial charge in [-0.1, -0.05) is 42.0 Å². The molecule has 0 spiro atoms. The largest absolute Gasteiger partial charge is 0.392 e. The third-order valence-corrected chi connectivity index (χ3v) is 4.51. The summed E-state index contributed by atoms with van der Waals surface area (Å²) in [5.74, 6) is -0.00104. The molecule has 0 aromatic heterocycles. The van der Waals surface area contributed by atoms with Gasteiger partial charge in [0.15, 0.2) is 0 Å². The van der Waals surface area contributed by atoms with Crippen molar-refractivity contribution >= 4 is 23.1 Å². The van der Waals surface area contributed by atoms with E-state index in [1.165, 1.54) is 5.56 Å². The molecule has 0 bridgehead atoms. The molecule has 1 amide bonds. The molecule has 1 heterocycles. The van der Waals surface area contributed by atoms with Gasteiger partial charge in [0.25, 0.3) is 0 Å². The smallest absolute Gasteiger partial charge is 0.235 e. The zero-order valence-corrected chi connectivity index (χ0v) is 13.4. The average molecular weight is 306 g/mol. The SMILES string of the molecule is Cc1ccc(CN(C)C(=O)C2(C(N)=S)CCOCC2)cc1. The molecule has 0 radical (unpaired) electrons. The van der Waals surface area contributed by atoms with Gasteiger partial charge in [0.05, 0.1) is 4.99 Å². The van der Waals surface area contributed by atoms with E-state index in [1.54, 1.807) is 11.9 Å². The van der Waals surface area contributed by atoms with Crippen molar-refractivity contribution in [1.82, 2.24) is 4.90 Å². The Balaban J connectivity index is 2.13. The van der Waals surface area contributed by atoms with Crippen molar-refractivity contribution in [3.05, 3.63) is 35.4 Å².